The summed E-state index contributed by atoms with van der Waals surface area (Å²) in [6.07, 6.45) is 3.61. The first-order valence-corrected chi connectivity index (χ1v) is 12.9. The van der Waals surface area contributed by atoms with Gasteiger partial charge in [0.1, 0.15) is 0 Å². The molecule has 2 aromatic carbocycles. The van der Waals surface area contributed by atoms with E-state index < -0.39 is 6.10 Å². The Morgan fingerprint density at radius 1 is 1.14 bits per heavy atom. The van der Waals surface area contributed by atoms with E-state index in [2.05, 4.69) is 15.5 Å². The van der Waals surface area contributed by atoms with Crippen molar-refractivity contribution in [3.8, 4) is 0 Å². The van der Waals surface area contributed by atoms with E-state index in [1.54, 1.807) is 13.1 Å². The molecule has 3 heterocycles. The first-order valence-electron chi connectivity index (χ1n) is 12.9. The Morgan fingerprint density at radius 3 is 2.68 bits per heavy atom. The third-order valence-electron chi connectivity index (χ3n) is 7.63. The maximum atomic E-state index is 13.0. The summed E-state index contributed by atoms with van der Waals surface area (Å²) in [6, 6.07) is 9.25. The molecule has 37 heavy (non-hydrogen) atoms. The first kappa shape index (κ1) is 25.0. The van der Waals surface area contributed by atoms with Crippen LogP contribution < -0.4 is 5.32 Å². The second-order valence-corrected chi connectivity index (χ2v) is 10.1. The SMILES string of the molecule is Cc1cc(C(=O)CCC(=O)N2CCC(N3CCc4cc(C(C)O)ccc4NC3=O)CC2)cc2cn[nH]c12. The van der Waals surface area contributed by atoms with E-state index in [-0.39, 0.29) is 36.6 Å². The Bertz CT molecular complexity index is 1340. The molecule has 0 spiro atoms. The number of carbonyl (C=O) groups excluding carboxylic acids is 3. The molecule has 1 aromatic heterocycles. The molecule has 5 rings (SSSR count). The fraction of sp³-hybridized carbons (Fsp3) is 0.429. The number of amides is 3. The molecule has 194 valence electrons. The van der Waals surface area contributed by atoms with Gasteiger partial charge >= 0.3 is 6.03 Å². The minimum absolute atomic E-state index is 0.0220. The lowest BCUT2D eigenvalue weighted by molar-refractivity contribution is -0.132. The summed E-state index contributed by atoms with van der Waals surface area (Å²) in [5, 5.41) is 20.8. The molecule has 3 N–H and O–H groups in total. The van der Waals surface area contributed by atoms with Crippen LogP contribution in [-0.4, -0.2) is 68.5 Å². The minimum atomic E-state index is -0.554. The fourth-order valence-electron chi connectivity index (χ4n) is 5.43. The third kappa shape index (κ3) is 5.22. The molecule has 2 aliphatic heterocycles. The first-order chi connectivity index (χ1) is 17.8. The lowest BCUT2D eigenvalue weighted by atomic mass is 10.00. The van der Waals surface area contributed by atoms with Crippen LogP contribution in [0.25, 0.3) is 10.9 Å². The minimum Gasteiger partial charge on any atom is -0.389 e. The van der Waals surface area contributed by atoms with Crippen molar-refractivity contribution in [3.05, 3.63) is 58.8 Å². The van der Waals surface area contributed by atoms with Crippen molar-refractivity contribution in [3.63, 3.8) is 0 Å². The van der Waals surface area contributed by atoms with E-state index in [9.17, 15) is 19.5 Å². The molecule has 9 nitrogen and oxygen atoms in total. The molecule has 3 amide bonds. The standard InChI is InChI=1S/C28H33N5O4/c1-17-13-21(15-22-16-29-31-27(17)22)25(35)5-6-26(36)32-10-8-23(9-11-32)33-12-7-20-14-19(18(2)34)3-4-24(20)30-28(33)37/h3-4,13-16,18,23,34H,5-12H2,1-2H3,(H,29,31)(H,30,37). The second kappa shape index (κ2) is 10.3. The number of aliphatic hydroxyl groups is 1. The van der Waals surface area contributed by atoms with Crippen molar-refractivity contribution in [2.45, 2.75) is 58.1 Å². The van der Waals surface area contributed by atoms with Crippen molar-refractivity contribution in [2.75, 3.05) is 25.0 Å². The number of H-pyrrole nitrogens is 1. The molecule has 9 heteroatoms. The van der Waals surface area contributed by atoms with Crippen LogP contribution in [0.5, 0.6) is 0 Å². The summed E-state index contributed by atoms with van der Waals surface area (Å²) < 4.78 is 0. The van der Waals surface area contributed by atoms with Crippen LogP contribution in [0.3, 0.4) is 0 Å². The molecule has 1 atom stereocenters. The van der Waals surface area contributed by atoms with Crippen LogP contribution in [0.4, 0.5) is 10.5 Å². The van der Waals surface area contributed by atoms with E-state index in [0.29, 0.717) is 44.5 Å². The zero-order valence-corrected chi connectivity index (χ0v) is 21.3. The van der Waals surface area contributed by atoms with Gasteiger partial charge in [-0.3, -0.25) is 14.7 Å². The third-order valence-corrected chi connectivity index (χ3v) is 7.63. The Hall–Kier alpha value is -3.72. The van der Waals surface area contributed by atoms with Gasteiger partial charge in [-0.1, -0.05) is 12.1 Å². The van der Waals surface area contributed by atoms with Crippen molar-refractivity contribution in [2.24, 2.45) is 0 Å². The molecule has 2 aliphatic rings. The van der Waals surface area contributed by atoms with Gasteiger partial charge in [0.2, 0.25) is 5.91 Å². The van der Waals surface area contributed by atoms with Crippen LogP contribution in [0.1, 0.15) is 65.8 Å². The molecule has 0 aliphatic carbocycles. The van der Waals surface area contributed by atoms with Crippen molar-refractivity contribution >= 4 is 34.3 Å². The summed E-state index contributed by atoms with van der Waals surface area (Å²) >= 11 is 0. The van der Waals surface area contributed by atoms with Gasteiger partial charge in [0, 0.05) is 55.2 Å². The van der Waals surface area contributed by atoms with Crippen LogP contribution in [0, 0.1) is 6.92 Å². The highest BCUT2D eigenvalue weighted by atomic mass is 16.3. The number of aliphatic hydroxyl groups excluding tert-OH is 1. The van der Waals surface area contributed by atoms with Crippen LogP contribution >= 0.6 is 0 Å². The van der Waals surface area contributed by atoms with Crippen molar-refractivity contribution in [1.82, 2.24) is 20.0 Å². The maximum Gasteiger partial charge on any atom is 0.322 e. The number of aromatic nitrogens is 2. The van der Waals surface area contributed by atoms with Crippen LogP contribution in [-0.2, 0) is 11.2 Å². The van der Waals surface area contributed by atoms with Gasteiger partial charge in [-0.25, -0.2) is 4.79 Å². The molecular formula is C28H33N5O4. The second-order valence-electron chi connectivity index (χ2n) is 10.1. The van der Waals surface area contributed by atoms with E-state index in [1.807, 2.05) is 47.1 Å². The van der Waals surface area contributed by atoms with Crippen molar-refractivity contribution < 1.29 is 19.5 Å². The molecular weight excluding hydrogens is 470 g/mol. The summed E-state index contributed by atoms with van der Waals surface area (Å²) in [7, 11) is 0. The van der Waals surface area contributed by atoms with Gasteiger partial charge in [-0.2, -0.15) is 5.10 Å². The van der Waals surface area contributed by atoms with Gasteiger partial charge in [0.15, 0.2) is 5.78 Å². The number of hydrogen-bond donors (Lipinski definition) is 3. The Kier molecular flexibility index (Phi) is 6.97. The average molecular weight is 504 g/mol. The highest BCUT2D eigenvalue weighted by molar-refractivity contribution is 6.01. The molecule has 0 saturated carbocycles. The number of anilines is 1. The average Bonchev–Trinajstić information content (AvgIpc) is 3.31. The highest BCUT2D eigenvalue weighted by Gasteiger charge is 2.31. The number of piperidine rings is 1. The number of nitrogens with one attached hydrogen (secondary N) is 2. The summed E-state index contributed by atoms with van der Waals surface area (Å²) in [6.45, 7) is 5.40. The lowest BCUT2D eigenvalue weighted by Crippen LogP contribution is -2.50. The predicted molar refractivity (Wildman–Crippen MR) is 141 cm³/mol. The fourth-order valence-corrected chi connectivity index (χ4v) is 5.43. The zero-order valence-electron chi connectivity index (χ0n) is 21.3. The van der Waals surface area contributed by atoms with Gasteiger partial charge in [0.05, 0.1) is 17.8 Å². The molecule has 0 bridgehead atoms. The number of hydrogen-bond acceptors (Lipinski definition) is 5. The number of rotatable bonds is 6. The molecule has 3 aromatic rings. The zero-order chi connectivity index (χ0) is 26.1. The highest BCUT2D eigenvalue weighted by Crippen LogP contribution is 2.27. The Labute approximate surface area is 215 Å². The molecule has 1 fully saturated rings. The number of Topliss-reactive ketones (excluding diaryl/α,β-unsaturated/α-hetero) is 1. The maximum absolute atomic E-state index is 13.0. The van der Waals surface area contributed by atoms with Crippen LogP contribution in [0.2, 0.25) is 0 Å². The van der Waals surface area contributed by atoms with E-state index in [4.69, 9.17) is 0 Å². The number of benzene rings is 2. The van der Waals surface area contributed by atoms with E-state index in [0.717, 1.165) is 33.3 Å². The van der Waals surface area contributed by atoms with Crippen LogP contribution in [0.15, 0.2) is 36.5 Å². The number of urea groups is 1. The summed E-state index contributed by atoms with van der Waals surface area (Å²) in [5.74, 6) is -0.0692. The normalized spacial score (nSPS) is 17.3. The number of nitrogens with zero attached hydrogens (tertiary/aromatic N) is 3. The van der Waals surface area contributed by atoms with E-state index >= 15 is 0 Å². The molecule has 0 radical (unpaired) electrons. The quantitative estimate of drug-likeness (QED) is 0.440. The van der Waals surface area contributed by atoms with Gasteiger partial charge in [0.25, 0.3) is 0 Å². The summed E-state index contributed by atoms with van der Waals surface area (Å²) in [4.78, 5) is 42.3. The smallest absolute Gasteiger partial charge is 0.322 e. The topological polar surface area (TPSA) is 119 Å². The summed E-state index contributed by atoms with van der Waals surface area (Å²) in [5.41, 5.74) is 5.12. The number of aryl methyl sites for hydroxylation is 1. The number of aromatic amines is 1. The lowest BCUT2D eigenvalue weighted by Gasteiger charge is -2.38. The number of likely N-dealkylation sites (tertiary alicyclic amines) is 1. The Morgan fingerprint density at radius 2 is 1.92 bits per heavy atom. The number of fused-ring (bicyclic) bond motifs is 2. The van der Waals surface area contributed by atoms with Crippen molar-refractivity contribution in [1.29, 1.82) is 0 Å². The largest absolute Gasteiger partial charge is 0.389 e. The van der Waals surface area contributed by atoms with Gasteiger partial charge in [-0.05, 0) is 68.0 Å². The number of carbonyl (C=O) groups is 3. The molecule has 1 saturated heterocycles. The number of ketones is 1. The van der Waals surface area contributed by atoms with Gasteiger partial charge in [-0.15, -0.1) is 0 Å². The van der Waals surface area contributed by atoms with Gasteiger partial charge < -0.3 is 20.2 Å². The van der Waals surface area contributed by atoms with E-state index in [1.165, 1.54) is 0 Å². The Balaban J connectivity index is 1.13. The molecule has 1 unspecified atom stereocenters. The predicted octanol–water partition coefficient (Wildman–Crippen LogP) is 3.97. The monoisotopic (exact) mass is 503 g/mol.